The average molecular weight is 351 g/mol. The van der Waals surface area contributed by atoms with Crippen LogP contribution in [-0.4, -0.2) is 15.7 Å². The number of hydrogen-bond donors (Lipinski definition) is 2. The quantitative estimate of drug-likeness (QED) is 0.644. The Kier molecular flexibility index (Phi) is 4.81. The Hall–Kier alpha value is -0.530. The summed E-state index contributed by atoms with van der Waals surface area (Å²) in [6.45, 7) is 4.07. The van der Waals surface area contributed by atoms with Crippen molar-refractivity contribution in [3.05, 3.63) is 16.4 Å². The van der Waals surface area contributed by atoms with E-state index in [4.69, 9.17) is 5.84 Å². The Labute approximate surface area is 126 Å². The molecule has 7 heteroatoms. The van der Waals surface area contributed by atoms with Crippen molar-refractivity contribution in [1.29, 1.82) is 0 Å². The summed E-state index contributed by atoms with van der Waals surface area (Å²) in [6, 6.07) is 0.0301. The molecule has 1 aliphatic carbocycles. The topological polar surface area (TPSA) is 55.9 Å². The Morgan fingerprint density at radius 2 is 2.05 bits per heavy atom. The van der Waals surface area contributed by atoms with E-state index >= 15 is 0 Å². The third-order valence-corrected chi connectivity index (χ3v) is 4.59. The van der Waals surface area contributed by atoms with Gasteiger partial charge in [-0.3, -0.25) is 16.0 Å². The van der Waals surface area contributed by atoms with Crippen LogP contribution in [0.4, 0.5) is 8.78 Å². The molecule has 0 spiro atoms. The lowest BCUT2D eigenvalue weighted by molar-refractivity contribution is -0.0501. The van der Waals surface area contributed by atoms with Gasteiger partial charge in [0, 0.05) is 18.9 Å². The zero-order valence-corrected chi connectivity index (χ0v) is 13.3. The molecule has 0 amide bonds. The Morgan fingerprint density at radius 1 is 1.45 bits per heavy atom. The Morgan fingerprint density at radius 3 is 2.55 bits per heavy atom. The second-order valence-corrected chi connectivity index (χ2v) is 6.61. The highest BCUT2D eigenvalue weighted by molar-refractivity contribution is 9.10. The highest BCUT2D eigenvalue weighted by Crippen LogP contribution is 2.42. The Balaban J connectivity index is 2.23. The summed E-state index contributed by atoms with van der Waals surface area (Å²) in [6.07, 6.45) is 2.54. The maximum atomic E-state index is 13.3. The minimum atomic E-state index is -2.52. The molecule has 0 aromatic carbocycles. The van der Waals surface area contributed by atoms with E-state index in [0.29, 0.717) is 12.8 Å². The van der Waals surface area contributed by atoms with E-state index in [0.717, 1.165) is 10.2 Å². The summed E-state index contributed by atoms with van der Waals surface area (Å²) in [7, 11) is 0. The summed E-state index contributed by atoms with van der Waals surface area (Å²) >= 11 is 3.49. The van der Waals surface area contributed by atoms with Gasteiger partial charge >= 0.3 is 0 Å². The first kappa shape index (κ1) is 15.9. The molecular weight excluding hydrogens is 330 g/mol. The minimum Gasteiger partial charge on any atom is -0.271 e. The standard InChI is InChI=1S/C13H21BrF2N4/c1-8(2)20-12(10(14)7-18-20)11(19-17)9-3-5-13(15,16)6-4-9/h7-9,11,19H,3-6,17H2,1-2H3. The molecule has 4 nitrogen and oxygen atoms in total. The van der Waals surface area contributed by atoms with Gasteiger partial charge in [0.1, 0.15) is 0 Å². The molecule has 1 atom stereocenters. The van der Waals surface area contributed by atoms with Crippen LogP contribution in [0.2, 0.25) is 0 Å². The van der Waals surface area contributed by atoms with Gasteiger partial charge in [-0.2, -0.15) is 5.10 Å². The molecule has 1 aliphatic rings. The van der Waals surface area contributed by atoms with Crippen molar-refractivity contribution in [3.63, 3.8) is 0 Å². The van der Waals surface area contributed by atoms with Gasteiger partial charge in [-0.25, -0.2) is 8.78 Å². The summed E-state index contributed by atoms with van der Waals surface area (Å²) in [5, 5.41) is 4.33. The van der Waals surface area contributed by atoms with Crippen LogP contribution in [0.5, 0.6) is 0 Å². The molecule has 0 saturated heterocycles. The summed E-state index contributed by atoms with van der Waals surface area (Å²) in [4.78, 5) is 0. The number of nitrogens with one attached hydrogen (secondary N) is 1. The predicted molar refractivity (Wildman–Crippen MR) is 77.3 cm³/mol. The number of hydrazine groups is 1. The first-order chi connectivity index (χ1) is 9.35. The van der Waals surface area contributed by atoms with Crippen LogP contribution >= 0.6 is 15.9 Å². The largest absolute Gasteiger partial charge is 0.271 e. The van der Waals surface area contributed by atoms with Gasteiger partial charge in [0.25, 0.3) is 0 Å². The van der Waals surface area contributed by atoms with Crippen LogP contribution in [0.25, 0.3) is 0 Å². The van der Waals surface area contributed by atoms with Gasteiger partial charge in [0.2, 0.25) is 5.92 Å². The average Bonchev–Trinajstić information content (AvgIpc) is 2.75. The van der Waals surface area contributed by atoms with E-state index in [1.165, 1.54) is 0 Å². The smallest absolute Gasteiger partial charge is 0.248 e. The number of aromatic nitrogens is 2. The second kappa shape index (κ2) is 6.07. The zero-order chi connectivity index (χ0) is 14.9. The normalized spacial score (nSPS) is 21.4. The highest BCUT2D eigenvalue weighted by Gasteiger charge is 2.39. The van der Waals surface area contributed by atoms with Crippen molar-refractivity contribution >= 4 is 15.9 Å². The van der Waals surface area contributed by atoms with Crippen molar-refractivity contribution < 1.29 is 8.78 Å². The van der Waals surface area contributed by atoms with Crippen LogP contribution in [0.15, 0.2) is 10.7 Å². The third kappa shape index (κ3) is 3.20. The molecule has 1 fully saturated rings. The zero-order valence-electron chi connectivity index (χ0n) is 11.7. The fourth-order valence-electron chi connectivity index (χ4n) is 2.89. The van der Waals surface area contributed by atoms with Crippen LogP contribution in [-0.2, 0) is 0 Å². The van der Waals surface area contributed by atoms with Crippen molar-refractivity contribution in [1.82, 2.24) is 15.2 Å². The lowest BCUT2D eigenvalue weighted by atomic mass is 9.81. The van der Waals surface area contributed by atoms with E-state index in [1.54, 1.807) is 6.20 Å². The summed E-state index contributed by atoms with van der Waals surface area (Å²) in [5.41, 5.74) is 3.74. The summed E-state index contributed by atoms with van der Waals surface area (Å²) < 4.78 is 29.3. The van der Waals surface area contributed by atoms with E-state index in [-0.39, 0.29) is 30.8 Å². The summed E-state index contributed by atoms with van der Waals surface area (Å²) in [5.74, 6) is 3.28. The van der Waals surface area contributed by atoms with E-state index in [1.807, 2.05) is 18.5 Å². The third-order valence-electron chi connectivity index (χ3n) is 3.98. The molecule has 1 aromatic rings. The molecule has 1 unspecified atom stereocenters. The molecule has 3 N–H and O–H groups in total. The van der Waals surface area contributed by atoms with Gasteiger partial charge in [0.15, 0.2) is 0 Å². The van der Waals surface area contributed by atoms with Crippen LogP contribution < -0.4 is 11.3 Å². The van der Waals surface area contributed by atoms with Gasteiger partial charge in [0.05, 0.1) is 22.4 Å². The molecule has 1 heterocycles. The SMILES string of the molecule is CC(C)n1ncc(Br)c1C(NN)C1CCC(F)(F)CC1. The monoisotopic (exact) mass is 350 g/mol. The fraction of sp³-hybridized carbons (Fsp3) is 0.769. The molecule has 1 aromatic heterocycles. The van der Waals surface area contributed by atoms with Gasteiger partial charge < -0.3 is 0 Å². The van der Waals surface area contributed by atoms with Gasteiger partial charge in [-0.15, -0.1) is 0 Å². The fourth-order valence-corrected chi connectivity index (χ4v) is 3.41. The highest BCUT2D eigenvalue weighted by atomic mass is 79.9. The Bertz CT molecular complexity index is 451. The molecule has 114 valence electrons. The maximum absolute atomic E-state index is 13.3. The predicted octanol–water partition coefficient (Wildman–Crippen LogP) is 3.56. The number of rotatable bonds is 4. The number of alkyl halides is 2. The lowest BCUT2D eigenvalue weighted by Crippen LogP contribution is -2.38. The van der Waals surface area contributed by atoms with Crippen molar-refractivity contribution in [2.75, 3.05) is 0 Å². The first-order valence-electron chi connectivity index (χ1n) is 6.92. The number of hydrogen-bond acceptors (Lipinski definition) is 3. The second-order valence-electron chi connectivity index (χ2n) is 5.75. The molecule has 20 heavy (non-hydrogen) atoms. The van der Waals surface area contributed by atoms with Crippen LogP contribution in [0.3, 0.4) is 0 Å². The van der Waals surface area contributed by atoms with E-state index in [2.05, 4.69) is 26.5 Å². The minimum absolute atomic E-state index is 0.0662. The lowest BCUT2D eigenvalue weighted by Gasteiger charge is -2.34. The van der Waals surface area contributed by atoms with Gasteiger partial charge in [-0.1, -0.05) is 0 Å². The molecule has 0 aliphatic heterocycles. The number of nitrogens with zero attached hydrogens (tertiary/aromatic N) is 2. The molecule has 2 rings (SSSR count). The van der Waals surface area contributed by atoms with Crippen LogP contribution in [0, 0.1) is 5.92 Å². The maximum Gasteiger partial charge on any atom is 0.248 e. The van der Waals surface area contributed by atoms with E-state index in [9.17, 15) is 8.78 Å². The van der Waals surface area contributed by atoms with E-state index < -0.39 is 5.92 Å². The molecular formula is C13H21BrF2N4. The van der Waals surface area contributed by atoms with Crippen LogP contribution in [0.1, 0.15) is 57.3 Å². The van der Waals surface area contributed by atoms with Crippen molar-refractivity contribution in [2.24, 2.45) is 11.8 Å². The molecule has 0 radical (unpaired) electrons. The van der Waals surface area contributed by atoms with Crippen molar-refractivity contribution in [2.45, 2.75) is 57.5 Å². The number of nitrogens with two attached hydrogens (primary N) is 1. The molecule has 1 saturated carbocycles. The van der Waals surface area contributed by atoms with Gasteiger partial charge in [-0.05, 0) is 48.5 Å². The first-order valence-corrected chi connectivity index (χ1v) is 7.72. The number of halogens is 3. The molecule has 0 bridgehead atoms. The van der Waals surface area contributed by atoms with Crippen molar-refractivity contribution in [3.8, 4) is 0 Å².